The molecule has 1 unspecified atom stereocenters. The van der Waals surface area contributed by atoms with Crippen LogP contribution in [0.2, 0.25) is 6.43 Å². The molecule has 2 N–H and O–H groups in total. The van der Waals surface area contributed by atoms with Crippen LogP contribution in [0.25, 0.3) is 0 Å². The molecule has 2 aromatic carbocycles. The highest BCUT2D eigenvalue weighted by atomic mass is 35.5. The van der Waals surface area contributed by atoms with Crippen LogP contribution in [0.4, 0.5) is 8.78 Å². The van der Waals surface area contributed by atoms with E-state index in [1.807, 2.05) is 0 Å². The van der Waals surface area contributed by atoms with Crippen LogP contribution in [-0.4, -0.2) is 34.5 Å². The van der Waals surface area contributed by atoms with E-state index in [1.54, 1.807) is 5.32 Å². The largest absolute Gasteiger partial charge is 0.349 e. The minimum atomic E-state index is -4.30. The molecule has 2 aliphatic rings. The molecule has 4 amide bonds. The molecule has 1 fully saturated rings. The SMILES string of the molecule is [2H]C1C(=O)NC(=O)[C@@]([2H])(N2Cc3cc(C([2H])([2H])N([2H])C(=O)C(F)(F)c4ccc(Cl)cc4)ccc3C2=O)C1([2H])[2H]. The van der Waals surface area contributed by atoms with E-state index in [0.29, 0.717) is 4.90 Å². The average molecular weight is 469 g/mol. The minimum Gasteiger partial charge on any atom is -0.346 e. The van der Waals surface area contributed by atoms with Crippen molar-refractivity contribution < 1.29 is 37.6 Å². The van der Waals surface area contributed by atoms with Gasteiger partial charge in [-0.25, -0.2) is 0 Å². The molecular weight excluding hydrogens is 444 g/mol. The van der Waals surface area contributed by atoms with E-state index in [4.69, 9.17) is 21.2 Å². The molecule has 2 aromatic rings. The van der Waals surface area contributed by atoms with Crippen LogP contribution in [0.3, 0.4) is 0 Å². The number of piperidine rings is 1. The van der Waals surface area contributed by atoms with Gasteiger partial charge < -0.3 is 10.2 Å². The Kier molecular flexibility index (Phi) is 3.81. The Morgan fingerprint density at radius 3 is 2.75 bits per heavy atom. The van der Waals surface area contributed by atoms with Gasteiger partial charge in [0.25, 0.3) is 11.8 Å². The lowest BCUT2D eigenvalue weighted by Crippen LogP contribution is -2.52. The number of rotatable bonds is 5. The van der Waals surface area contributed by atoms with Gasteiger partial charge in [0.2, 0.25) is 11.8 Å². The van der Waals surface area contributed by atoms with Crippen LogP contribution in [0.5, 0.6) is 0 Å². The number of nitrogens with one attached hydrogen (secondary N) is 2. The van der Waals surface area contributed by atoms with Crippen molar-refractivity contribution in [2.75, 3.05) is 0 Å². The van der Waals surface area contributed by atoms with E-state index < -0.39 is 77.8 Å². The van der Waals surface area contributed by atoms with Crippen molar-refractivity contribution >= 4 is 35.2 Å². The Morgan fingerprint density at radius 1 is 1.31 bits per heavy atom. The first-order valence-electron chi connectivity index (χ1n) is 12.6. The highest BCUT2D eigenvalue weighted by Gasteiger charge is 2.41. The summed E-state index contributed by atoms with van der Waals surface area (Å²) in [6.45, 7) is -3.81. The van der Waals surface area contributed by atoms with E-state index in [2.05, 4.69) is 0 Å². The normalized spacial score (nSPS) is 28.2. The summed E-state index contributed by atoms with van der Waals surface area (Å²) < 4.78 is 86.5. The van der Waals surface area contributed by atoms with Crippen molar-refractivity contribution in [1.82, 2.24) is 15.5 Å². The lowest BCUT2D eigenvalue weighted by Gasteiger charge is -2.29. The van der Waals surface area contributed by atoms with Crippen LogP contribution in [0, 0.1) is 0 Å². The second kappa shape index (κ2) is 8.31. The summed E-state index contributed by atoms with van der Waals surface area (Å²) in [6.07, 6.45) is -5.36. The molecule has 0 bridgehead atoms. The van der Waals surface area contributed by atoms with E-state index in [0.717, 1.165) is 42.5 Å². The molecule has 32 heavy (non-hydrogen) atoms. The molecule has 2 aliphatic heterocycles. The first-order chi connectivity index (χ1) is 17.9. The molecule has 1 saturated heterocycles. The van der Waals surface area contributed by atoms with E-state index in [9.17, 15) is 28.0 Å². The molecule has 0 spiro atoms. The average Bonchev–Trinajstić information content (AvgIpc) is 3.21. The maximum atomic E-state index is 14.8. The van der Waals surface area contributed by atoms with Gasteiger partial charge in [0.05, 0.1) is 4.11 Å². The molecule has 10 heteroatoms. The van der Waals surface area contributed by atoms with Gasteiger partial charge in [0, 0.05) is 39.7 Å². The number of imide groups is 1. The van der Waals surface area contributed by atoms with Crippen molar-refractivity contribution in [2.24, 2.45) is 0 Å². The van der Waals surface area contributed by atoms with Gasteiger partial charge in [0.1, 0.15) is 6.02 Å². The Hall–Kier alpha value is -3.33. The van der Waals surface area contributed by atoms with E-state index in [-0.39, 0.29) is 16.1 Å². The molecule has 0 aromatic heterocycles. The van der Waals surface area contributed by atoms with Crippen molar-refractivity contribution in [1.29, 1.82) is 0 Å². The number of fused-ring (bicyclic) bond motifs is 1. The van der Waals surface area contributed by atoms with Crippen LogP contribution in [0.15, 0.2) is 42.5 Å². The third kappa shape index (κ3) is 4.08. The Morgan fingerprint density at radius 2 is 2.03 bits per heavy atom. The summed E-state index contributed by atoms with van der Waals surface area (Å²) >= 11 is 5.68. The fourth-order valence-electron chi connectivity index (χ4n) is 3.15. The fraction of sp³-hybridized carbons (Fsp3) is 0.273. The van der Waals surface area contributed by atoms with Crippen molar-refractivity contribution in [2.45, 2.75) is 37.8 Å². The summed E-state index contributed by atoms with van der Waals surface area (Å²) in [5, 5.41) is 1.26. The third-order valence-electron chi connectivity index (χ3n) is 4.73. The van der Waals surface area contributed by atoms with Crippen LogP contribution in [0.1, 0.15) is 48.0 Å². The standard InChI is InChI=1S/C22H18ClF2N3O4/c23-15-4-2-14(3-5-15)22(24,25)21(32)26-10-12-1-6-16-13(9-12)11-28(20(16)31)17-7-8-18(29)27-19(17)30/h1-6,9,17H,7-8,10-11H2,(H,26,32)(H,27,29,30)/t17-/m0/s1/i7D2,8D,10D2,17D/hD/t8?,17-. The molecule has 0 saturated carbocycles. The van der Waals surface area contributed by atoms with Gasteiger partial charge in [-0.3, -0.25) is 24.5 Å². The number of alkyl halides is 2. The number of halogens is 3. The number of hydrogen-bond acceptors (Lipinski definition) is 4. The number of hydrogen-bond donors (Lipinski definition) is 2. The van der Waals surface area contributed by atoms with Gasteiger partial charge in [-0.1, -0.05) is 35.9 Å². The zero-order valence-electron chi connectivity index (χ0n) is 23.0. The Bertz CT molecular complexity index is 1410. The molecule has 7 nitrogen and oxygen atoms in total. The predicted molar refractivity (Wildman–Crippen MR) is 110 cm³/mol. The Labute approximate surface area is 196 Å². The van der Waals surface area contributed by atoms with Gasteiger partial charge in [-0.2, -0.15) is 8.78 Å². The highest BCUT2D eigenvalue weighted by molar-refractivity contribution is 6.30. The minimum absolute atomic E-state index is 0.0691. The second-order valence-corrected chi connectivity index (χ2v) is 7.27. The van der Waals surface area contributed by atoms with Crippen LogP contribution >= 0.6 is 11.6 Å². The Balaban J connectivity index is 1.65. The van der Waals surface area contributed by atoms with Gasteiger partial charge in [-0.15, -0.1) is 0 Å². The second-order valence-electron chi connectivity index (χ2n) is 6.83. The lowest BCUT2D eigenvalue weighted by molar-refractivity contribution is -0.147. The molecular formula is C22H18ClF2N3O4. The smallest absolute Gasteiger partial charge is 0.346 e. The molecule has 0 aliphatic carbocycles. The summed E-state index contributed by atoms with van der Waals surface area (Å²) in [5.41, 5.74) is -1.60. The van der Waals surface area contributed by atoms with Gasteiger partial charge in [-0.05, 0) is 35.7 Å². The molecule has 166 valence electrons. The lowest BCUT2D eigenvalue weighted by atomic mass is 10.0. The molecule has 2 heterocycles. The topological polar surface area (TPSA) is 95.6 Å². The summed E-state index contributed by atoms with van der Waals surface area (Å²) in [5.74, 6) is -10.3. The quantitative estimate of drug-likeness (QED) is 0.659. The number of carbonyl (C=O) groups is 4. The number of nitrogens with zero attached hydrogens (tertiary/aromatic N) is 1. The summed E-state index contributed by atoms with van der Waals surface area (Å²) in [4.78, 5) is 50.4. The van der Waals surface area contributed by atoms with E-state index in [1.165, 1.54) is 0 Å². The van der Waals surface area contributed by atoms with Crippen molar-refractivity contribution in [3.8, 4) is 0 Å². The maximum absolute atomic E-state index is 14.8. The number of amides is 4. The first-order valence-corrected chi connectivity index (χ1v) is 9.46. The molecule has 2 atom stereocenters. The predicted octanol–water partition coefficient (Wildman–Crippen LogP) is 2.51. The van der Waals surface area contributed by atoms with Crippen molar-refractivity contribution in [3.05, 3.63) is 69.7 Å². The molecule has 4 rings (SSSR count). The van der Waals surface area contributed by atoms with Crippen LogP contribution in [-0.2, 0) is 33.3 Å². The monoisotopic (exact) mass is 468 g/mol. The third-order valence-corrected chi connectivity index (χ3v) is 4.98. The van der Waals surface area contributed by atoms with Gasteiger partial charge in [0.15, 0.2) is 1.41 Å². The van der Waals surface area contributed by atoms with Crippen LogP contribution < -0.4 is 10.6 Å². The van der Waals surface area contributed by atoms with Gasteiger partial charge >= 0.3 is 5.92 Å². The number of carbonyl (C=O) groups excluding carboxylic acids is 4. The summed E-state index contributed by atoms with van der Waals surface area (Å²) in [7, 11) is 0. The zero-order chi connectivity index (χ0) is 29.3. The first kappa shape index (κ1) is 14.7. The fourth-order valence-corrected chi connectivity index (χ4v) is 3.27. The van der Waals surface area contributed by atoms with E-state index >= 15 is 0 Å². The zero-order valence-corrected chi connectivity index (χ0v) is 16.7. The summed E-state index contributed by atoms with van der Waals surface area (Å²) in [6, 6.07) is 3.76. The highest BCUT2D eigenvalue weighted by Crippen LogP contribution is 2.30. The van der Waals surface area contributed by atoms with Crippen molar-refractivity contribution in [3.63, 3.8) is 0 Å². The number of benzene rings is 2. The maximum Gasteiger partial charge on any atom is 0.349 e. The molecule has 0 radical (unpaired) electrons.